The average Bonchev–Trinajstić information content (AvgIpc) is 2.82. The van der Waals surface area contributed by atoms with Gasteiger partial charge < -0.3 is 4.90 Å². The van der Waals surface area contributed by atoms with E-state index in [2.05, 4.69) is 4.98 Å². The molecule has 1 heterocycles. The number of rotatable bonds is 9. The minimum absolute atomic E-state index is 0.0620. The van der Waals surface area contributed by atoms with Crippen molar-refractivity contribution in [3.05, 3.63) is 83.4 Å². The summed E-state index contributed by atoms with van der Waals surface area (Å²) in [5.74, 6) is -0.459. The zero-order valence-electron chi connectivity index (χ0n) is 18.9. The molecule has 166 valence electrons. The second-order valence-corrected chi connectivity index (χ2v) is 7.87. The number of amides is 1. The Balaban J connectivity index is 1.71. The Morgan fingerprint density at radius 1 is 0.969 bits per heavy atom. The number of carbonyl (C=O) groups excluding carboxylic acids is 2. The van der Waals surface area contributed by atoms with Crippen LogP contribution in [0, 0.1) is 12.7 Å². The Kier molecular flexibility index (Phi) is 7.87. The van der Waals surface area contributed by atoms with Gasteiger partial charge in [0.05, 0.1) is 5.69 Å². The molecule has 1 aromatic heterocycles. The summed E-state index contributed by atoms with van der Waals surface area (Å²) in [6.45, 7) is 6.15. The van der Waals surface area contributed by atoms with Gasteiger partial charge in [-0.1, -0.05) is 50.2 Å². The lowest BCUT2D eigenvalue weighted by atomic mass is 9.99. The number of halogens is 1. The summed E-state index contributed by atoms with van der Waals surface area (Å²) in [6, 6.07) is 16.1. The van der Waals surface area contributed by atoms with Crippen LogP contribution in [0.2, 0.25) is 0 Å². The van der Waals surface area contributed by atoms with Crippen LogP contribution in [-0.2, 0) is 11.2 Å². The molecular formula is C27H29FN2O2. The fourth-order valence-electron chi connectivity index (χ4n) is 3.60. The number of hydrogen-bond donors (Lipinski definition) is 0. The number of aryl methyl sites for hydroxylation is 2. The monoisotopic (exact) mass is 432 g/mol. The molecule has 0 aliphatic carbocycles. The molecule has 3 aromatic rings. The molecule has 2 aromatic carbocycles. The molecule has 0 aliphatic heterocycles. The minimum Gasteiger partial charge on any atom is -0.310 e. The summed E-state index contributed by atoms with van der Waals surface area (Å²) in [5.41, 5.74) is 4.45. The van der Waals surface area contributed by atoms with Gasteiger partial charge in [0.2, 0.25) is 5.91 Å². The number of aromatic nitrogens is 1. The van der Waals surface area contributed by atoms with Crippen molar-refractivity contribution in [2.75, 3.05) is 11.4 Å². The molecule has 1 amide bonds. The fraction of sp³-hybridized carbons (Fsp3) is 0.296. The number of benzene rings is 2. The van der Waals surface area contributed by atoms with Crippen molar-refractivity contribution >= 4 is 17.4 Å². The first-order valence-corrected chi connectivity index (χ1v) is 11.1. The molecule has 0 saturated carbocycles. The highest BCUT2D eigenvalue weighted by atomic mass is 19.1. The second-order valence-electron chi connectivity index (χ2n) is 7.87. The summed E-state index contributed by atoms with van der Waals surface area (Å²) in [4.78, 5) is 30.5. The van der Waals surface area contributed by atoms with Crippen LogP contribution in [0.5, 0.6) is 0 Å². The first kappa shape index (κ1) is 23.3. The molecule has 0 bridgehead atoms. The first-order chi connectivity index (χ1) is 15.4. The first-order valence-electron chi connectivity index (χ1n) is 11.1. The molecule has 0 radical (unpaired) electrons. The summed E-state index contributed by atoms with van der Waals surface area (Å²) >= 11 is 0. The third kappa shape index (κ3) is 5.67. The lowest BCUT2D eigenvalue weighted by Gasteiger charge is -2.22. The summed E-state index contributed by atoms with van der Waals surface area (Å²) in [6.07, 6.45) is 3.94. The van der Waals surface area contributed by atoms with Crippen LogP contribution in [0.25, 0.3) is 11.1 Å². The number of nitrogens with zero attached hydrogens (tertiary/aromatic N) is 2. The Morgan fingerprint density at radius 2 is 1.69 bits per heavy atom. The predicted molar refractivity (Wildman–Crippen MR) is 126 cm³/mol. The molecule has 0 spiro atoms. The van der Waals surface area contributed by atoms with Gasteiger partial charge in [-0.2, -0.15) is 0 Å². The van der Waals surface area contributed by atoms with Crippen molar-refractivity contribution in [1.29, 1.82) is 0 Å². The number of ketones is 1. The van der Waals surface area contributed by atoms with Crippen molar-refractivity contribution in [2.45, 2.75) is 46.5 Å². The Labute approximate surface area is 189 Å². The molecule has 0 aliphatic rings. The second kappa shape index (κ2) is 10.8. The van der Waals surface area contributed by atoms with Gasteiger partial charge in [-0.25, -0.2) is 4.39 Å². The number of carbonyl (C=O) groups is 2. The van der Waals surface area contributed by atoms with Gasteiger partial charge in [-0.3, -0.25) is 14.6 Å². The lowest BCUT2D eigenvalue weighted by molar-refractivity contribution is -0.118. The van der Waals surface area contributed by atoms with Crippen molar-refractivity contribution < 1.29 is 14.0 Å². The van der Waals surface area contributed by atoms with E-state index in [9.17, 15) is 14.0 Å². The van der Waals surface area contributed by atoms with E-state index < -0.39 is 5.82 Å². The maximum Gasteiger partial charge on any atom is 0.226 e. The number of hydrogen-bond acceptors (Lipinski definition) is 3. The zero-order chi connectivity index (χ0) is 23.1. The van der Waals surface area contributed by atoms with Crippen LogP contribution in [0.15, 0.2) is 60.8 Å². The van der Waals surface area contributed by atoms with Crippen LogP contribution in [0.1, 0.15) is 54.7 Å². The zero-order valence-corrected chi connectivity index (χ0v) is 18.9. The Morgan fingerprint density at radius 3 is 2.28 bits per heavy atom. The van der Waals surface area contributed by atoms with Gasteiger partial charge in [0.15, 0.2) is 5.78 Å². The van der Waals surface area contributed by atoms with Crippen LogP contribution in [0.3, 0.4) is 0 Å². The molecule has 0 fully saturated rings. The van der Waals surface area contributed by atoms with Crippen LogP contribution in [-0.4, -0.2) is 23.2 Å². The largest absolute Gasteiger partial charge is 0.310 e. The third-order valence-corrected chi connectivity index (χ3v) is 5.44. The smallest absolute Gasteiger partial charge is 0.226 e. The van der Waals surface area contributed by atoms with E-state index in [-0.39, 0.29) is 11.7 Å². The topological polar surface area (TPSA) is 50.3 Å². The predicted octanol–water partition coefficient (Wildman–Crippen LogP) is 6.16. The van der Waals surface area contributed by atoms with Gasteiger partial charge in [-0.15, -0.1) is 0 Å². The van der Waals surface area contributed by atoms with Gasteiger partial charge in [0.1, 0.15) is 5.82 Å². The van der Waals surface area contributed by atoms with Gasteiger partial charge >= 0.3 is 0 Å². The van der Waals surface area contributed by atoms with E-state index in [0.29, 0.717) is 42.6 Å². The molecule has 4 nitrogen and oxygen atoms in total. The molecule has 32 heavy (non-hydrogen) atoms. The van der Waals surface area contributed by atoms with Gasteiger partial charge in [-0.05, 0) is 54.7 Å². The van der Waals surface area contributed by atoms with E-state index in [0.717, 1.165) is 23.2 Å². The van der Waals surface area contributed by atoms with Crippen molar-refractivity contribution in [3.63, 3.8) is 0 Å². The van der Waals surface area contributed by atoms with E-state index in [1.54, 1.807) is 31.3 Å². The summed E-state index contributed by atoms with van der Waals surface area (Å²) in [7, 11) is 0. The van der Waals surface area contributed by atoms with Gasteiger partial charge in [0, 0.05) is 36.8 Å². The van der Waals surface area contributed by atoms with E-state index in [4.69, 9.17) is 0 Å². The standard InChI is InChI=1S/C27H29FN2O2/c1-4-16-30(27(32)5-2)25-14-13-23(17-24(25)28)21-9-11-22(12-10-21)26(31)15-8-20-7-6-19(3)29-18-20/h6-7,9-14,17-18H,4-5,8,15-16H2,1-3H3. The Bertz CT molecular complexity index is 1080. The van der Waals surface area contributed by atoms with E-state index in [1.165, 1.54) is 11.0 Å². The Hall–Kier alpha value is -3.34. The third-order valence-electron chi connectivity index (χ3n) is 5.44. The highest BCUT2D eigenvalue weighted by Crippen LogP contribution is 2.28. The molecule has 0 N–H and O–H groups in total. The van der Waals surface area contributed by atoms with Crippen LogP contribution in [0.4, 0.5) is 10.1 Å². The van der Waals surface area contributed by atoms with Gasteiger partial charge in [0.25, 0.3) is 0 Å². The number of pyridine rings is 1. The normalized spacial score (nSPS) is 10.8. The molecule has 5 heteroatoms. The molecule has 0 unspecified atom stereocenters. The number of anilines is 1. The lowest BCUT2D eigenvalue weighted by Crippen LogP contribution is -2.31. The van der Waals surface area contributed by atoms with Crippen molar-refractivity contribution in [2.24, 2.45) is 0 Å². The maximum absolute atomic E-state index is 14.8. The SMILES string of the molecule is CCCN(C(=O)CC)c1ccc(-c2ccc(C(=O)CCc3ccc(C)nc3)cc2)cc1F. The van der Waals surface area contributed by atoms with Crippen molar-refractivity contribution in [1.82, 2.24) is 4.98 Å². The highest BCUT2D eigenvalue weighted by Gasteiger charge is 2.17. The average molecular weight is 433 g/mol. The highest BCUT2D eigenvalue weighted by molar-refractivity contribution is 5.96. The maximum atomic E-state index is 14.8. The number of Topliss-reactive ketones (excluding diaryl/α,β-unsaturated/α-hetero) is 1. The molecule has 0 atom stereocenters. The van der Waals surface area contributed by atoms with Crippen LogP contribution < -0.4 is 4.90 Å². The summed E-state index contributed by atoms with van der Waals surface area (Å²) < 4.78 is 14.8. The molecule has 3 rings (SSSR count). The van der Waals surface area contributed by atoms with E-state index >= 15 is 0 Å². The van der Waals surface area contributed by atoms with Crippen molar-refractivity contribution in [3.8, 4) is 11.1 Å². The quantitative estimate of drug-likeness (QED) is 0.380. The summed E-state index contributed by atoms with van der Waals surface area (Å²) in [5, 5.41) is 0. The molecule has 0 saturated heterocycles. The minimum atomic E-state index is -0.426. The van der Waals surface area contributed by atoms with E-state index in [1.807, 2.05) is 44.2 Å². The van der Waals surface area contributed by atoms with Crippen LogP contribution >= 0.6 is 0 Å². The molecular weight excluding hydrogens is 403 g/mol. The fourth-order valence-corrected chi connectivity index (χ4v) is 3.60.